The van der Waals surface area contributed by atoms with E-state index < -0.39 is 0 Å². The molecular weight excluding hydrogens is 360 g/mol. The fourth-order valence-electron chi connectivity index (χ4n) is 3.73. The second-order valence-corrected chi connectivity index (χ2v) is 6.98. The number of hydrogen-bond donors (Lipinski definition) is 0. The van der Waals surface area contributed by atoms with Gasteiger partial charge in [0, 0.05) is 23.7 Å². The highest BCUT2D eigenvalue weighted by atomic mass is 16.6. The molecule has 1 aromatic carbocycles. The van der Waals surface area contributed by atoms with Crippen LogP contribution < -0.4 is 15.0 Å². The van der Waals surface area contributed by atoms with Gasteiger partial charge in [-0.1, -0.05) is 0 Å². The Bertz CT molecular complexity index is 956. The second-order valence-electron chi connectivity index (χ2n) is 6.98. The van der Waals surface area contributed by atoms with Crippen molar-refractivity contribution in [1.29, 1.82) is 5.26 Å². The first kappa shape index (κ1) is 18.5. The number of benzene rings is 1. The minimum absolute atomic E-state index is 0.00925. The van der Waals surface area contributed by atoms with Crippen molar-refractivity contribution < 1.29 is 18.9 Å². The molecule has 1 unspecified atom stereocenters. The number of rotatable bonds is 5. The van der Waals surface area contributed by atoms with Crippen molar-refractivity contribution in [1.82, 2.24) is 4.57 Å². The minimum Gasteiger partial charge on any atom is -0.491 e. The van der Waals surface area contributed by atoms with E-state index in [0.29, 0.717) is 37.9 Å². The maximum absolute atomic E-state index is 12.7. The third-order valence-corrected chi connectivity index (χ3v) is 4.97. The zero-order valence-corrected chi connectivity index (χ0v) is 15.7. The first-order valence-electron chi connectivity index (χ1n) is 9.37. The van der Waals surface area contributed by atoms with Crippen LogP contribution in [0.3, 0.4) is 0 Å². The lowest BCUT2D eigenvalue weighted by atomic mass is 9.93. The van der Waals surface area contributed by atoms with Gasteiger partial charge in [-0.2, -0.15) is 5.26 Å². The van der Waals surface area contributed by atoms with Crippen molar-refractivity contribution in [2.24, 2.45) is 0 Å². The van der Waals surface area contributed by atoms with Crippen LogP contribution in [0.1, 0.15) is 18.5 Å². The molecule has 0 bridgehead atoms. The molecule has 28 heavy (non-hydrogen) atoms. The molecule has 0 amide bonds. The topological polar surface area (TPSA) is 82.7 Å². The van der Waals surface area contributed by atoms with Gasteiger partial charge >= 0.3 is 0 Å². The summed E-state index contributed by atoms with van der Waals surface area (Å²) in [7, 11) is 0. The van der Waals surface area contributed by atoms with Gasteiger partial charge in [0.2, 0.25) is 0 Å². The summed E-state index contributed by atoms with van der Waals surface area (Å²) in [5.74, 6) is 1.18. The summed E-state index contributed by atoms with van der Waals surface area (Å²) in [6.45, 7) is 4.02. The Morgan fingerprint density at radius 1 is 1.21 bits per heavy atom. The van der Waals surface area contributed by atoms with E-state index in [-0.39, 0.29) is 24.3 Å². The van der Waals surface area contributed by atoms with Crippen LogP contribution in [0.5, 0.6) is 11.5 Å². The Balaban J connectivity index is 1.63. The first-order valence-corrected chi connectivity index (χ1v) is 9.37. The molecule has 1 aromatic heterocycles. The zero-order chi connectivity index (χ0) is 19.5. The minimum atomic E-state index is -0.126. The zero-order valence-electron chi connectivity index (χ0n) is 15.7. The predicted octanol–water partition coefficient (Wildman–Crippen LogP) is 2.33. The Kier molecular flexibility index (Phi) is 5.33. The van der Waals surface area contributed by atoms with Gasteiger partial charge in [-0.05, 0) is 37.1 Å². The fraction of sp³-hybridized carbons (Fsp3) is 0.429. The van der Waals surface area contributed by atoms with Crippen molar-refractivity contribution in [3.05, 3.63) is 46.2 Å². The third-order valence-electron chi connectivity index (χ3n) is 4.97. The fourth-order valence-corrected chi connectivity index (χ4v) is 3.73. The number of ether oxygens (including phenoxy) is 4. The highest BCUT2D eigenvalue weighted by Gasteiger charge is 2.24. The van der Waals surface area contributed by atoms with E-state index in [1.54, 1.807) is 4.57 Å². The third kappa shape index (κ3) is 3.75. The Morgan fingerprint density at radius 2 is 2.11 bits per heavy atom. The molecular formula is C21H22N2O5. The summed E-state index contributed by atoms with van der Waals surface area (Å²) >= 11 is 0. The molecule has 0 saturated carbocycles. The highest BCUT2D eigenvalue weighted by Crippen LogP contribution is 2.36. The van der Waals surface area contributed by atoms with Crippen LogP contribution >= 0.6 is 0 Å². The normalized spacial score (nSPS) is 20.6. The molecule has 1 fully saturated rings. The first-order chi connectivity index (χ1) is 13.7. The molecule has 1 saturated heterocycles. The molecule has 146 valence electrons. The van der Waals surface area contributed by atoms with E-state index >= 15 is 0 Å². The van der Waals surface area contributed by atoms with Crippen LogP contribution in [0.2, 0.25) is 0 Å². The van der Waals surface area contributed by atoms with Gasteiger partial charge in [-0.15, -0.1) is 0 Å². The summed E-state index contributed by atoms with van der Waals surface area (Å²) in [5.41, 5.74) is 2.80. The lowest BCUT2D eigenvalue weighted by Crippen LogP contribution is -2.34. The van der Waals surface area contributed by atoms with Gasteiger partial charge in [0.15, 0.2) is 6.61 Å². The molecule has 4 rings (SSSR count). The van der Waals surface area contributed by atoms with Gasteiger partial charge in [0.1, 0.15) is 30.3 Å². The largest absolute Gasteiger partial charge is 0.491 e. The number of pyridine rings is 1. The number of fused-ring (bicyclic) bond motifs is 3. The molecule has 2 aliphatic heterocycles. The van der Waals surface area contributed by atoms with Crippen LogP contribution in [-0.4, -0.2) is 43.7 Å². The van der Waals surface area contributed by atoms with Crippen LogP contribution in [0.15, 0.2) is 35.1 Å². The number of nitriles is 1. The molecule has 0 N–H and O–H groups in total. The maximum atomic E-state index is 12.7. The predicted molar refractivity (Wildman–Crippen MR) is 102 cm³/mol. The van der Waals surface area contributed by atoms with E-state index in [0.717, 1.165) is 23.2 Å². The van der Waals surface area contributed by atoms with Crippen LogP contribution in [0.4, 0.5) is 0 Å². The average Bonchev–Trinajstić information content (AvgIpc) is 2.71. The van der Waals surface area contributed by atoms with Crippen LogP contribution in [0, 0.1) is 11.3 Å². The van der Waals surface area contributed by atoms with Crippen molar-refractivity contribution in [3.8, 4) is 28.8 Å². The molecule has 0 spiro atoms. The monoisotopic (exact) mass is 382 g/mol. The van der Waals surface area contributed by atoms with E-state index in [4.69, 9.17) is 24.2 Å². The van der Waals surface area contributed by atoms with Crippen molar-refractivity contribution in [2.45, 2.75) is 25.5 Å². The average molecular weight is 382 g/mol. The molecule has 2 aliphatic rings. The van der Waals surface area contributed by atoms with E-state index in [2.05, 4.69) is 0 Å². The van der Waals surface area contributed by atoms with E-state index in [1.165, 1.54) is 6.07 Å². The highest BCUT2D eigenvalue weighted by molar-refractivity contribution is 5.68. The van der Waals surface area contributed by atoms with Gasteiger partial charge in [0.25, 0.3) is 5.56 Å². The molecule has 3 heterocycles. The van der Waals surface area contributed by atoms with Crippen molar-refractivity contribution >= 4 is 0 Å². The van der Waals surface area contributed by atoms with Crippen LogP contribution in [0.25, 0.3) is 11.3 Å². The lowest BCUT2D eigenvalue weighted by Gasteiger charge is -2.28. The SMILES string of the molecule is CC1Cc2cc(OCC#N)ccc2-c2cc(OC[C@@H]3COCCO3)cc(=O)n21. The van der Waals surface area contributed by atoms with Gasteiger partial charge in [-0.25, -0.2) is 0 Å². The summed E-state index contributed by atoms with van der Waals surface area (Å²) < 4.78 is 24.0. The van der Waals surface area contributed by atoms with Gasteiger partial charge < -0.3 is 23.5 Å². The Labute approximate surface area is 163 Å². The molecule has 7 nitrogen and oxygen atoms in total. The molecule has 7 heteroatoms. The molecule has 0 aliphatic carbocycles. The van der Waals surface area contributed by atoms with Crippen molar-refractivity contribution in [2.75, 3.05) is 33.0 Å². The summed E-state index contributed by atoms with van der Waals surface area (Å²) in [6.07, 6.45) is 0.595. The number of nitrogens with zero attached hydrogens (tertiary/aromatic N) is 2. The standard InChI is InChI=1S/C21H22N2O5/c1-14-8-15-9-16(26-5-4-22)2-3-19(15)20-10-17(11-21(24)23(14)20)28-13-18-12-25-6-7-27-18/h2-3,9-11,14,18H,5-8,12-13H2,1H3/t14?,18-/m0/s1. The van der Waals surface area contributed by atoms with Gasteiger partial charge in [-0.3, -0.25) is 4.79 Å². The summed E-state index contributed by atoms with van der Waals surface area (Å²) in [4.78, 5) is 12.7. The van der Waals surface area contributed by atoms with E-state index in [9.17, 15) is 4.79 Å². The van der Waals surface area contributed by atoms with Crippen LogP contribution in [-0.2, 0) is 15.9 Å². The molecule has 2 aromatic rings. The summed E-state index contributed by atoms with van der Waals surface area (Å²) in [6, 6.07) is 11.1. The lowest BCUT2D eigenvalue weighted by molar-refractivity contribution is -0.101. The maximum Gasteiger partial charge on any atom is 0.254 e. The van der Waals surface area contributed by atoms with Gasteiger partial charge in [0.05, 0.1) is 25.5 Å². The van der Waals surface area contributed by atoms with E-state index in [1.807, 2.05) is 37.3 Å². The second kappa shape index (κ2) is 8.05. The quantitative estimate of drug-likeness (QED) is 0.789. The number of aromatic nitrogens is 1. The Hall–Kier alpha value is -2.82. The Morgan fingerprint density at radius 3 is 2.89 bits per heavy atom. The number of hydrogen-bond acceptors (Lipinski definition) is 6. The van der Waals surface area contributed by atoms with Crippen molar-refractivity contribution in [3.63, 3.8) is 0 Å². The smallest absolute Gasteiger partial charge is 0.254 e. The molecule has 0 radical (unpaired) electrons. The summed E-state index contributed by atoms with van der Waals surface area (Å²) in [5, 5.41) is 8.70. The molecule has 2 atom stereocenters.